The number of nitrogens with one attached hydrogen (secondary N) is 1. The fraction of sp³-hybridized carbons (Fsp3) is 0.160. The number of nitrogens with zero attached hydrogens (tertiary/aromatic N) is 4. The molecule has 1 N–H and O–H groups in total. The molecular weight excluding hydrogens is 386 g/mol. The summed E-state index contributed by atoms with van der Waals surface area (Å²) < 4.78 is 7.68. The Bertz CT molecular complexity index is 1280. The molecule has 0 saturated heterocycles. The monoisotopic (exact) mass is 409 g/mol. The van der Waals surface area contributed by atoms with Gasteiger partial charge < -0.3 is 14.3 Å². The van der Waals surface area contributed by atoms with Gasteiger partial charge in [0.2, 0.25) is 6.39 Å². The minimum atomic E-state index is 0.461. The highest BCUT2D eigenvalue weighted by atomic mass is 16.4. The van der Waals surface area contributed by atoms with Gasteiger partial charge in [0.25, 0.3) is 5.89 Å². The number of fused-ring (bicyclic) bond motifs is 1. The third kappa shape index (κ3) is 4.05. The lowest BCUT2D eigenvalue weighted by atomic mass is 10.0. The number of aryl methyl sites for hydroxylation is 2. The number of hydrogen-bond donors (Lipinski definition) is 1. The van der Waals surface area contributed by atoms with E-state index in [4.69, 9.17) is 4.42 Å². The molecule has 0 aliphatic carbocycles. The lowest BCUT2D eigenvalue weighted by molar-refractivity contribution is 0.568. The van der Waals surface area contributed by atoms with Gasteiger partial charge in [-0.25, -0.2) is 0 Å². The third-order valence-electron chi connectivity index (χ3n) is 5.40. The van der Waals surface area contributed by atoms with Gasteiger partial charge in [0, 0.05) is 37.1 Å². The van der Waals surface area contributed by atoms with Crippen molar-refractivity contribution in [3.63, 3.8) is 0 Å². The molecule has 0 radical (unpaired) electrons. The zero-order valence-electron chi connectivity index (χ0n) is 17.3. The van der Waals surface area contributed by atoms with Crippen LogP contribution in [0.2, 0.25) is 0 Å². The Kier molecular flexibility index (Phi) is 5.19. The van der Waals surface area contributed by atoms with E-state index < -0.39 is 0 Å². The van der Waals surface area contributed by atoms with Crippen molar-refractivity contribution in [3.8, 4) is 22.6 Å². The molecule has 2 aromatic carbocycles. The molecule has 154 valence electrons. The molecule has 6 heteroatoms. The smallest absolute Gasteiger partial charge is 0.251 e. The van der Waals surface area contributed by atoms with Gasteiger partial charge in [0.1, 0.15) is 0 Å². The molecule has 31 heavy (non-hydrogen) atoms. The van der Waals surface area contributed by atoms with Crippen molar-refractivity contribution < 1.29 is 4.42 Å². The quantitative estimate of drug-likeness (QED) is 0.356. The fourth-order valence-corrected chi connectivity index (χ4v) is 3.76. The highest BCUT2D eigenvalue weighted by molar-refractivity contribution is 6.00. The van der Waals surface area contributed by atoms with Crippen LogP contribution in [0.3, 0.4) is 0 Å². The summed E-state index contributed by atoms with van der Waals surface area (Å²) in [4.78, 5) is 4.64. The molecule has 0 amide bonds. The van der Waals surface area contributed by atoms with Crippen molar-refractivity contribution in [2.75, 3.05) is 11.9 Å². The number of hydrogen-bond acceptors (Lipinski definition) is 5. The molecule has 0 aliphatic heterocycles. The maximum atomic E-state index is 5.50. The predicted octanol–water partition coefficient (Wildman–Crippen LogP) is 5.56. The average molecular weight is 409 g/mol. The topological polar surface area (TPSA) is 68.8 Å². The van der Waals surface area contributed by atoms with E-state index in [1.807, 2.05) is 12.1 Å². The van der Waals surface area contributed by atoms with Crippen molar-refractivity contribution in [1.82, 2.24) is 19.7 Å². The SMILES string of the molecule is Cc1ccc(-c2ccc3ncc(-c4nnco4)c(NCCCn4cccc4)c3c2)cc1. The highest BCUT2D eigenvalue weighted by Crippen LogP contribution is 2.35. The molecule has 5 rings (SSSR count). The van der Waals surface area contributed by atoms with E-state index in [-0.39, 0.29) is 0 Å². The molecule has 3 heterocycles. The number of aromatic nitrogens is 4. The maximum Gasteiger partial charge on any atom is 0.251 e. The summed E-state index contributed by atoms with van der Waals surface area (Å²) in [7, 11) is 0. The van der Waals surface area contributed by atoms with E-state index in [9.17, 15) is 0 Å². The number of anilines is 1. The first-order valence-corrected chi connectivity index (χ1v) is 10.4. The molecule has 0 fully saturated rings. The lowest BCUT2D eigenvalue weighted by Gasteiger charge is -2.14. The van der Waals surface area contributed by atoms with Crippen LogP contribution in [-0.4, -0.2) is 26.3 Å². The minimum absolute atomic E-state index is 0.461. The third-order valence-corrected chi connectivity index (χ3v) is 5.40. The van der Waals surface area contributed by atoms with Crippen LogP contribution in [-0.2, 0) is 6.54 Å². The van der Waals surface area contributed by atoms with Crippen LogP contribution in [0, 0.1) is 6.92 Å². The van der Waals surface area contributed by atoms with Crippen LogP contribution in [0.5, 0.6) is 0 Å². The summed E-state index contributed by atoms with van der Waals surface area (Å²) in [5, 5.41) is 12.6. The second-order valence-corrected chi connectivity index (χ2v) is 7.59. The van der Waals surface area contributed by atoms with Gasteiger partial charge >= 0.3 is 0 Å². The summed E-state index contributed by atoms with van der Waals surface area (Å²) in [6, 6.07) is 19.0. The Hall–Kier alpha value is -3.93. The predicted molar refractivity (Wildman–Crippen MR) is 123 cm³/mol. The van der Waals surface area contributed by atoms with E-state index in [0.717, 1.165) is 47.2 Å². The van der Waals surface area contributed by atoms with Crippen LogP contribution < -0.4 is 5.32 Å². The summed E-state index contributed by atoms with van der Waals surface area (Å²) in [6.07, 6.45) is 8.30. The van der Waals surface area contributed by atoms with Gasteiger partial charge in [-0.2, -0.15) is 0 Å². The van der Waals surface area contributed by atoms with Crippen molar-refractivity contribution >= 4 is 16.6 Å². The van der Waals surface area contributed by atoms with E-state index in [1.165, 1.54) is 17.5 Å². The van der Waals surface area contributed by atoms with Gasteiger partial charge in [-0.15, -0.1) is 10.2 Å². The van der Waals surface area contributed by atoms with Crippen LogP contribution in [0.4, 0.5) is 5.69 Å². The van der Waals surface area contributed by atoms with Gasteiger partial charge in [0.05, 0.1) is 16.8 Å². The lowest BCUT2D eigenvalue weighted by Crippen LogP contribution is -2.07. The van der Waals surface area contributed by atoms with Gasteiger partial charge in [-0.3, -0.25) is 4.98 Å². The normalized spacial score (nSPS) is 11.1. The molecule has 0 atom stereocenters. The molecule has 0 spiro atoms. The second kappa shape index (κ2) is 8.44. The Morgan fingerprint density at radius 2 is 1.81 bits per heavy atom. The van der Waals surface area contributed by atoms with E-state index in [2.05, 4.69) is 86.8 Å². The van der Waals surface area contributed by atoms with Crippen molar-refractivity contribution in [3.05, 3.63) is 85.1 Å². The first-order chi connectivity index (χ1) is 15.3. The van der Waals surface area contributed by atoms with Gasteiger partial charge in [0.15, 0.2) is 0 Å². The number of benzene rings is 2. The second-order valence-electron chi connectivity index (χ2n) is 7.59. The molecule has 6 nitrogen and oxygen atoms in total. The molecule has 3 aromatic heterocycles. The Labute approximate surface area is 180 Å². The van der Waals surface area contributed by atoms with Crippen LogP contribution in [0.15, 0.2) is 84.0 Å². The van der Waals surface area contributed by atoms with Crippen molar-refractivity contribution in [2.24, 2.45) is 0 Å². The van der Waals surface area contributed by atoms with Gasteiger partial charge in [-0.05, 0) is 48.7 Å². The Morgan fingerprint density at radius 3 is 2.58 bits per heavy atom. The van der Waals surface area contributed by atoms with Gasteiger partial charge in [-0.1, -0.05) is 35.9 Å². The number of pyridine rings is 1. The van der Waals surface area contributed by atoms with Crippen molar-refractivity contribution in [2.45, 2.75) is 19.9 Å². The van der Waals surface area contributed by atoms with E-state index in [0.29, 0.717) is 5.89 Å². The zero-order chi connectivity index (χ0) is 21.0. The molecule has 5 aromatic rings. The summed E-state index contributed by atoms with van der Waals surface area (Å²) >= 11 is 0. The fourth-order valence-electron chi connectivity index (χ4n) is 3.76. The average Bonchev–Trinajstić information content (AvgIpc) is 3.51. The molecule has 0 bridgehead atoms. The Balaban J connectivity index is 1.52. The number of rotatable bonds is 7. The van der Waals surface area contributed by atoms with E-state index >= 15 is 0 Å². The Morgan fingerprint density at radius 1 is 1.00 bits per heavy atom. The van der Waals surface area contributed by atoms with Crippen molar-refractivity contribution in [1.29, 1.82) is 0 Å². The van der Waals surface area contributed by atoms with Crippen LogP contribution >= 0.6 is 0 Å². The summed E-state index contributed by atoms with van der Waals surface area (Å²) in [6.45, 7) is 3.86. The van der Waals surface area contributed by atoms with Crippen LogP contribution in [0.1, 0.15) is 12.0 Å². The molecule has 0 unspecified atom stereocenters. The minimum Gasteiger partial charge on any atom is -0.423 e. The first kappa shape index (κ1) is 19.1. The van der Waals surface area contributed by atoms with E-state index in [1.54, 1.807) is 6.20 Å². The zero-order valence-corrected chi connectivity index (χ0v) is 17.3. The molecule has 0 aliphatic rings. The highest BCUT2D eigenvalue weighted by Gasteiger charge is 2.15. The molecular formula is C25H23N5O. The maximum absolute atomic E-state index is 5.50. The standard InChI is InChI=1S/C25H23N5O/c1-18-5-7-19(8-6-18)20-9-10-23-21(15-20)24(22(16-27-23)25-29-28-17-31-25)26-11-4-14-30-12-2-3-13-30/h2-3,5-10,12-13,15-17H,4,11,14H2,1H3,(H,26,27). The van der Waals surface area contributed by atoms with Crippen LogP contribution in [0.25, 0.3) is 33.5 Å². The largest absolute Gasteiger partial charge is 0.423 e. The summed E-state index contributed by atoms with van der Waals surface area (Å²) in [5.41, 5.74) is 6.27. The summed E-state index contributed by atoms with van der Waals surface area (Å²) in [5.74, 6) is 0.461. The molecule has 0 saturated carbocycles. The first-order valence-electron chi connectivity index (χ1n) is 10.4.